The highest BCUT2D eigenvalue weighted by Gasteiger charge is 2.39. The molecule has 4 rings (SSSR count). The number of pyridine rings is 1. The minimum absolute atomic E-state index is 0.155. The highest BCUT2D eigenvalue weighted by Crippen LogP contribution is 2.32. The molecule has 0 bridgehead atoms. The zero-order chi connectivity index (χ0) is 22.7. The van der Waals surface area contributed by atoms with E-state index < -0.39 is 5.91 Å². The van der Waals surface area contributed by atoms with Crippen molar-refractivity contribution in [2.45, 2.75) is 20.4 Å². The van der Waals surface area contributed by atoms with Crippen molar-refractivity contribution in [2.24, 2.45) is 0 Å². The molecular weight excluding hydrogens is 404 g/mol. The van der Waals surface area contributed by atoms with Gasteiger partial charge in [-0.3, -0.25) is 24.3 Å². The Morgan fingerprint density at radius 3 is 2.12 bits per heavy atom. The van der Waals surface area contributed by atoms with Crippen LogP contribution in [-0.2, 0) is 20.9 Å². The van der Waals surface area contributed by atoms with E-state index in [2.05, 4.69) is 15.6 Å². The molecule has 7 heteroatoms. The summed E-state index contributed by atoms with van der Waals surface area (Å²) in [5, 5.41) is 5.83. The first kappa shape index (κ1) is 21.0. The first-order chi connectivity index (χ1) is 15.4. The number of benzene rings is 2. The van der Waals surface area contributed by atoms with Gasteiger partial charge in [-0.15, -0.1) is 0 Å². The molecule has 0 saturated carbocycles. The van der Waals surface area contributed by atoms with Crippen molar-refractivity contribution in [3.8, 4) is 0 Å². The minimum atomic E-state index is -0.395. The van der Waals surface area contributed by atoms with E-state index in [4.69, 9.17) is 0 Å². The van der Waals surface area contributed by atoms with E-state index in [1.807, 2.05) is 31.2 Å². The van der Waals surface area contributed by atoms with Gasteiger partial charge in [0.05, 0.1) is 12.1 Å². The lowest BCUT2D eigenvalue weighted by molar-refractivity contribution is -0.137. The molecule has 32 heavy (non-hydrogen) atoms. The van der Waals surface area contributed by atoms with E-state index in [9.17, 15) is 14.4 Å². The Morgan fingerprint density at radius 1 is 0.875 bits per heavy atom. The number of carbonyl (C=O) groups is 3. The van der Waals surface area contributed by atoms with Gasteiger partial charge in [-0.1, -0.05) is 29.8 Å². The van der Waals surface area contributed by atoms with Crippen LogP contribution in [0, 0.1) is 6.92 Å². The van der Waals surface area contributed by atoms with Gasteiger partial charge in [-0.2, -0.15) is 0 Å². The van der Waals surface area contributed by atoms with Crippen LogP contribution in [0.25, 0.3) is 5.57 Å². The van der Waals surface area contributed by atoms with Crippen molar-refractivity contribution < 1.29 is 14.4 Å². The highest BCUT2D eigenvalue weighted by molar-refractivity contribution is 6.36. The Hall–Kier alpha value is -4.26. The van der Waals surface area contributed by atoms with Gasteiger partial charge >= 0.3 is 0 Å². The van der Waals surface area contributed by atoms with Gasteiger partial charge in [0.15, 0.2) is 0 Å². The summed E-state index contributed by atoms with van der Waals surface area (Å²) in [7, 11) is 0. The SMILES string of the molecule is CC(=O)Nc1ccc(NC2=C(c3ccc(C)cc3)C(=O)N(Cc3ccncc3)C2=O)cc1. The van der Waals surface area contributed by atoms with Crippen LogP contribution in [0.2, 0.25) is 0 Å². The molecule has 0 radical (unpaired) electrons. The third kappa shape index (κ3) is 4.41. The van der Waals surface area contributed by atoms with Gasteiger partial charge in [0, 0.05) is 30.7 Å². The molecule has 2 aromatic carbocycles. The molecule has 2 heterocycles. The second kappa shape index (κ2) is 8.85. The quantitative estimate of drug-likeness (QED) is 0.586. The van der Waals surface area contributed by atoms with E-state index >= 15 is 0 Å². The molecule has 7 nitrogen and oxygen atoms in total. The third-order valence-corrected chi connectivity index (χ3v) is 5.07. The fourth-order valence-electron chi connectivity index (χ4n) is 3.48. The monoisotopic (exact) mass is 426 g/mol. The molecule has 3 aromatic rings. The first-order valence-corrected chi connectivity index (χ1v) is 10.1. The van der Waals surface area contributed by atoms with Crippen molar-refractivity contribution in [2.75, 3.05) is 10.6 Å². The molecule has 0 spiro atoms. The molecule has 0 fully saturated rings. The summed E-state index contributed by atoms with van der Waals surface area (Å²) in [5.74, 6) is -0.917. The number of hydrogen-bond donors (Lipinski definition) is 2. The van der Waals surface area contributed by atoms with Crippen molar-refractivity contribution >= 4 is 34.7 Å². The van der Waals surface area contributed by atoms with Crippen LogP contribution < -0.4 is 10.6 Å². The van der Waals surface area contributed by atoms with Crippen LogP contribution in [-0.4, -0.2) is 27.6 Å². The third-order valence-electron chi connectivity index (χ3n) is 5.07. The zero-order valence-electron chi connectivity index (χ0n) is 17.8. The van der Waals surface area contributed by atoms with E-state index in [0.29, 0.717) is 22.5 Å². The van der Waals surface area contributed by atoms with E-state index in [-0.39, 0.29) is 24.1 Å². The molecule has 160 valence electrons. The zero-order valence-corrected chi connectivity index (χ0v) is 17.8. The van der Waals surface area contributed by atoms with E-state index in [1.54, 1.807) is 48.8 Å². The van der Waals surface area contributed by atoms with Crippen molar-refractivity contribution in [1.29, 1.82) is 0 Å². The van der Waals surface area contributed by atoms with Crippen LogP contribution in [0.1, 0.15) is 23.6 Å². The number of carbonyl (C=O) groups excluding carboxylic acids is 3. The van der Waals surface area contributed by atoms with Gasteiger partial charge in [0.25, 0.3) is 11.8 Å². The summed E-state index contributed by atoms with van der Waals surface area (Å²) in [5.41, 5.74) is 4.36. The van der Waals surface area contributed by atoms with Gasteiger partial charge in [-0.25, -0.2) is 0 Å². The smallest absolute Gasteiger partial charge is 0.278 e. The summed E-state index contributed by atoms with van der Waals surface area (Å²) in [6, 6.07) is 18.0. The molecule has 0 saturated heterocycles. The number of hydrogen-bond acceptors (Lipinski definition) is 5. The fourth-order valence-corrected chi connectivity index (χ4v) is 3.48. The van der Waals surface area contributed by atoms with E-state index in [1.165, 1.54) is 11.8 Å². The Bertz CT molecular complexity index is 1200. The molecule has 3 amide bonds. The maximum Gasteiger partial charge on any atom is 0.278 e. The van der Waals surface area contributed by atoms with Crippen LogP contribution in [0.4, 0.5) is 11.4 Å². The van der Waals surface area contributed by atoms with Gasteiger partial charge < -0.3 is 10.6 Å². The van der Waals surface area contributed by atoms with Crippen LogP contribution in [0.3, 0.4) is 0 Å². The molecule has 0 atom stereocenters. The predicted molar refractivity (Wildman–Crippen MR) is 122 cm³/mol. The second-order valence-electron chi connectivity index (χ2n) is 7.55. The summed E-state index contributed by atoms with van der Waals surface area (Å²) < 4.78 is 0. The molecule has 2 N–H and O–H groups in total. The number of rotatable bonds is 6. The van der Waals surface area contributed by atoms with Crippen LogP contribution in [0.5, 0.6) is 0 Å². The molecule has 1 aliphatic rings. The molecule has 0 aliphatic carbocycles. The number of nitrogens with zero attached hydrogens (tertiary/aromatic N) is 2. The summed E-state index contributed by atoms with van der Waals surface area (Å²) in [6.07, 6.45) is 3.26. The average Bonchev–Trinajstić information content (AvgIpc) is 3.00. The second-order valence-corrected chi connectivity index (χ2v) is 7.55. The molecular formula is C25H22N4O3. The number of nitrogens with one attached hydrogen (secondary N) is 2. The maximum absolute atomic E-state index is 13.3. The van der Waals surface area contributed by atoms with Crippen molar-refractivity contribution in [1.82, 2.24) is 9.88 Å². The first-order valence-electron chi connectivity index (χ1n) is 10.1. The van der Waals surface area contributed by atoms with Crippen molar-refractivity contribution in [3.63, 3.8) is 0 Å². The average molecular weight is 426 g/mol. The normalized spacial score (nSPS) is 13.5. The molecule has 0 unspecified atom stereocenters. The Labute approximate surface area is 185 Å². The lowest BCUT2D eigenvalue weighted by Crippen LogP contribution is -2.32. The number of aryl methyl sites for hydroxylation is 1. The Kier molecular flexibility index (Phi) is 5.81. The summed E-state index contributed by atoms with van der Waals surface area (Å²) in [6.45, 7) is 3.55. The largest absolute Gasteiger partial charge is 0.350 e. The highest BCUT2D eigenvalue weighted by atomic mass is 16.2. The number of imide groups is 1. The van der Waals surface area contributed by atoms with Crippen LogP contribution in [0.15, 0.2) is 78.8 Å². The predicted octanol–water partition coefficient (Wildman–Crippen LogP) is 3.74. The molecule has 1 aliphatic heterocycles. The van der Waals surface area contributed by atoms with E-state index in [0.717, 1.165) is 11.1 Å². The van der Waals surface area contributed by atoms with Gasteiger partial charge in [0.1, 0.15) is 5.70 Å². The lowest BCUT2D eigenvalue weighted by Gasteiger charge is -2.15. The summed E-state index contributed by atoms with van der Waals surface area (Å²) >= 11 is 0. The standard InChI is InChI=1S/C25H22N4O3/c1-16-3-5-19(6-4-16)22-23(28-21-9-7-20(8-10-21)27-17(2)30)25(32)29(24(22)31)15-18-11-13-26-14-12-18/h3-14,28H,15H2,1-2H3,(H,27,30). The Balaban J connectivity index is 1.68. The van der Waals surface area contributed by atoms with Crippen LogP contribution >= 0.6 is 0 Å². The lowest BCUT2D eigenvalue weighted by atomic mass is 10.0. The van der Waals surface area contributed by atoms with Gasteiger partial charge in [0.2, 0.25) is 5.91 Å². The van der Waals surface area contributed by atoms with Gasteiger partial charge in [-0.05, 0) is 54.4 Å². The summed E-state index contributed by atoms with van der Waals surface area (Å²) in [4.78, 5) is 43.1. The van der Waals surface area contributed by atoms with Crippen molar-refractivity contribution in [3.05, 3.63) is 95.4 Å². The minimum Gasteiger partial charge on any atom is -0.350 e. The Morgan fingerprint density at radius 2 is 1.50 bits per heavy atom. The fraction of sp³-hybridized carbons (Fsp3) is 0.120. The topological polar surface area (TPSA) is 91.4 Å². The molecule has 1 aromatic heterocycles. The maximum atomic E-state index is 13.3. The number of aromatic nitrogens is 1. The number of anilines is 2. The number of amides is 3.